The van der Waals surface area contributed by atoms with E-state index in [9.17, 15) is 4.79 Å². The van der Waals surface area contributed by atoms with Crippen molar-refractivity contribution in [3.63, 3.8) is 0 Å². The lowest BCUT2D eigenvalue weighted by molar-refractivity contribution is 0.102. The van der Waals surface area contributed by atoms with E-state index in [0.29, 0.717) is 17.1 Å². The number of amides is 1. The summed E-state index contributed by atoms with van der Waals surface area (Å²) in [5.41, 5.74) is 1.15. The first-order valence-electron chi connectivity index (χ1n) is 6.42. The first-order chi connectivity index (χ1) is 10.1. The maximum absolute atomic E-state index is 12.4. The lowest BCUT2D eigenvalue weighted by atomic mass is 10.2. The number of anilines is 2. The molecule has 0 atom stereocenters. The average Bonchev–Trinajstić information content (AvgIpc) is 2.48. The molecule has 0 radical (unpaired) electrons. The molecule has 0 bridgehead atoms. The standard InChI is InChI=1S/C14H14Br2N4O/c1-2-4-18-13-10(6-9(15)7-19-13)14(21)20-12-3-5-17-8-11(12)16/h3,5-8H,2,4H2,1H3,(H,18,19)(H,17,20,21). The molecule has 2 heterocycles. The number of nitrogens with zero attached hydrogens (tertiary/aromatic N) is 2. The van der Waals surface area contributed by atoms with E-state index in [4.69, 9.17) is 0 Å². The van der Waals surface area contributed by atoms with Crippen LogP contribution < -0.4 is 10.6 Å². The zero-order valence-corrected chi connectivity index (χ0v) is 14.5. The van der Waals surface area contributed by atoms with Crippen LogP contribution in [0.15, 0.2) is 39.7 Å². The fourth-order valence-electron chi connectivity index (χ4n) is 1.66. The summed E-state index contributed by atoms with van der Waals surface area (Å²) in [7, 11) is 0. The lowest BCUT2D eigenvalue weighted by Crippen LogP contribution is -2.16. The van der Waals surface area contributed by atoms with Crippen LogP contribution in [-0.4, -0.2) is 22.4 Å². The number of carbonyl (C=O) groups excluding carboxylic acids is 1. The van der Waals surface area contributed by atoms with Crippen molar-refractivity contribution in [1.82, 2.24) is 9.97 Å². The molecule has 2 aromatic heterocycles. The monoisotopic (exact) mass is 412 g/mol. The largest absolute Gasteiger partial charge is 0.369 e. The summed E-state index contributed by atoms with van der Waals surface area (Å²) in [6, 6.07) is 3.47. The van der Waals surface area contributed by atoms with Gasteiger partial charge in [0.05, 0.1) is 15.7 Å². The summed E-state index contributed by atoms with van der Waals surface area (Å²) in [5.74, 6) is 0.344. The lowest BCUT2D eigenvalue weighted by Gasteiger charge is -2.12. The Morgan fingerprint density at radius 1 is 1.33 bits per heavy atom. The highest BCUT2D eigenvalue weighted by Crippen LogP contribution is 2.23. The van der Waals surface area contributed by atoms with Crippen molar-refractivity contribution in [3.8, 4) is 0 Å². The average molecular weight is 414 g/mol. The van der Waals surface area contributed by atoms with Crippen molar-refractivity contribution in [1.29, 1.82) is 0 Å². The van der Waals surface area contributed by atoms with Gasteiger partial charge in [0.2, 0.25) is 0 Å². The van der Waals surface area contributed by atoms with Crippen LogP contribution in [0.1, 0.15) is 23.7 Å². The second-order valence-electron chi connectivity index (χ2n) is 4.29. The molecule has 110 valence electrons. The molecule has 2 aromatic rings. The van der Waals surface area contributed by atoms with Crippen molar-refractivity contribution in [2.24, 2.45) is 0 Å². The van der Waals surface area contributed by atoms with Gasteiger partial charge in [0.15, 0.2) is 0 Å². The predicted octanol–water partition coefficient (Wildman–Crippen LogP) is 4.08. The molecule has 0 aromatic carbocycles. The topological polar surface area (TPSA) is 66.9 Å². The van der Waals surface area contributed by atoms with E-state index in [0.717, 1.165) is 21.9 Å². The van der Waals surface area contributed by atoms with Crippen LogP contribution in [0.3, 0.4) is 0 Å². The van der Waals surface area contributed by atoms with E-state index in [1.165, 1.54) is 0 Å². The molecule has 0 unspecified atom stereocenters. The molecule has 7 heteroatoms. The molecule has 0 aliphatic rings. The number of carbonyl (C=O) groups is 1. The van der Waals surface area contributed by atoms with Crippen LogP contribution in [0, 0.1) is 0 Å². The van der Waals surface area contributed by atoms with Crippen LogP contribution in [0.2, 0.25) is 0 Å². The maximum Gasteiger partial charge on any atom is 0.259 e. The molecule has 2 rings (SSSR count). The van der Waals surface area contributed by atoms with Crippen LogP contribution in [0.25, 0.3) is 0 Å². The van der Waals surface area contributed by atoms with E-state index < -0.39 is 0 Å². The summed E-state index contributed by atoms with van der Waals surface area (Å²) >= 11 is 6.70. The van der Waals surface area contributed by atoms with Gasteiger partial charge in [0.1, 0.15) is 5.82 Å². The molecule has 0 saturated heterocycles. The van der Waals surface area contributed by atoms with Crippen molar-refractivity contribution < 1.29 is 4.79 Å². The first kappa shape index (κ1) is 15.9. The number of rotatable bonds is 5. The fourth-order valence-corrected chi connectivity index (χ4v) is 2.34. The zero-order chi connectivity index (χ0) is 15.2. The minimum Gasteiger partial charge on any atom is -0.369 e. The summed E-state index contributed by atoms with van der Waals surface area (Å²) < 4.78 is 1.48. The second-order valence-corrected chi connectivity index (χ2v) is 6.06. The van der Waals surface area contributed by atoms with E-state index >= 15 is 0 Å². The Morgan fingerprint density at radius 3 is 2.86 bits per heavy atom. The first-order valence-corrected chi connectivity index (χ1v) is 8.00. The smallest absolute Gasteiger partial charge is 0.259 e. The van der Waals surface area contributed by atoms with Crippen molar-refractivity contribution in [2.45, 2.75) is 13.3 Å². The number of aromatic nitrogens is 2. The molecular weight excluding hydrogens is 400 g/mol. The Bertz CT molecular complexity index is 649. The van der Waals surface area contributed by atoms with Gasteiger partial charge < -0.3 is 10.6 Å². The molecule has 0 aliphatic carbocycles. The summed E-state index contributed by atoms with van der Waals surface area (Å²) in [6.07, 6.45) is 5.87. The number of nitrogens with one attached hydrogen (secondary N) is 2. The minimum absolute atomic E-state index is 0.227. The minimum atomic E-state index is -0.227. The van der Waals surface area contributed by atoms with Crippen LogP contribution in [0.5, 0.6) is 0 Å². The van der Waals surface area contributed by atoms with Gasteiger partial charge >= 0.3 is 0 Å². The molecule has 5 nitrogen and oxygen atoms in total. The Labute approximate surface area is 139 Å². The SMILES string of the molecule is CCCNc1ncc(Br)cc1C(=O)Nc1ccncc1Br. The third-order valence-electron chi connectivity index (χ3n) is 2.66. The highest BCUT2D eigenvalue weighted by molar-refractivity contribution is 9.10. The fraction of sp³-hybridized carbons (Fsp3) is 0.214. The van der Waals surface area contributed by atoms with E-state index in [-0.39, 0.29) is 5.91 Å². The second kappa shape index (κ2) is 7.51. The zero-order valence-electron chi connectivity index (χ0n) is 11.4. The quantitative estimate of drug-likeness (QED) is 0.774. The predicted molar refractivity (Wildman–Crippen MR) is 90.6 cm³/mol. The van der Waals surface area contributed by atoms with Gasteiger partial charge in [-0.3, -0.25) is 9.78 Å². The summed E-state index contributed by atoms with van der Waals surface area (Å²) in [6.45, 7) is 2.81. The van der Waals surface area contributed by atoms with E-state index in [1.807, 2.05) is 0 Å². The molecule has 0 saturated carbocycles. The Hall–Kier alpha value is -1.47. The summed E-state index contributed by atoms with van der Waals surface area (Å²) in [4.78, 5) is 20.7. The van der Waals surface area contributed by atoms with Gasteiger partial charge in [-0.15, -0.1) is 0 Å². The van der Waals surface area contributed by atoms with Gasteiger partial charge in [0, 0.05) is 29.6 Å². The van der Waals surface area contributed by atoms with Crippen molar-refractivity contribution >= 4 is 49.3 Å². The Morgan fingerprint density at radius 2 is 2.14 bits per heavy atom. The van der Waals surface area contributed by atoms with Gasteiger partial charge in [0.25, 0.3) is 5.91 Å². The van der Waals surface area contributed by atoms with Crippen LogP contribution in [-0.2, 0) is 0 Å². The van der Waals surface area contributed by atoms with Crippen LogP contribution >= 0.6 is 31.9 Å². The van der Waals surface area contributed by atoms with Crippen LogP contribution in [0.4, 0.5) is 11.5 Å². The van der Waals surface area contributed by atoms with Gasteiger partial charge in [-0.1, -0.05) is 6.92 Å². The highest BCUT2D eigenvalue weighted by Gasteiger charge is 2.14. The van der Waals surface area contributed by atoms with Crippen molar-refractivity contribution in [2.75, 3.05) is 17.2 Å². The Kier molecular flexibility index (Phi) is 5.69. The molecular formula is C14H14Br2N4O. The number of halogens is 2. The van der Waals surface area contributed by atoms with Gasteiger partial charge in [-0.25, -0.2) is 4.98 Å². The van der Waals surface area contributed by atoms with E-state index in [2.05, 4.69) is 59.4 Å². The third-order valence-corrected chi connectivity index (χ3v) is 3.73. The number of hydrogen-bond acceptors (Lipinski definition) is 4. The molecule has 0 spiro atoms. The van der Waals surface area contributed by atoms with Gasteiger partial charge in [-0.05, 0) is 50.4 Å². The highest BCUT2D eigenvalue weighted by atomic mass is 79.9. The molecule has 1 amide bonds. The molecule has 0 aliphatic heterocycles. The normalized spacial score (nSPS) is 10.2. The molecule has 2 N–H and O–H groups in total. The number of hydrogen-bond donors (Lipinski definition) is 2. The maximum atomic E-state index is 12.4. The Balaban J connectivity index is 2.25. The van der Waals surface area contributed by atoms with E-state index in [1.54, 1.807) is 30.7 Å². The molecule has 0 fully saturated rings. The van der Waals surface area contributed by atoms with Gasteiger partial charge in [-0.2, -0.15) is 0 Å². The summed E-state index contributed by atoms with van der Waals surface area (Å²) in [5, 5.41) is 6.00. The van der Waals surface area contributed by atoms with Crippen molar-refractivity contribution in [3.05, 3.63) is 45.2 Å². The third kappa shape index (κ3) is 4.25. The molecule has 21 heavy (non-hydrogen) atoms. The number of pyridine rings is 2.